The number of nitrogens with one attached hydrogen (secondary N) is 1. The van der Waals surface area contributed by atoms with Crippen LogP contribution in [0.25, 0.3) is 17.0 Å². The summed E-state index contributed by atoms with van der Waals surface area (Å²) in [6, 6.07) is 4.21. The van der Waals surface area contributed by atoms with E-state index in [-0.39, 0.29) is 11.8 Å². The molecular formula is C20H16FN9O2. The molecule has 1 aliphatic heterocycles. The fraction of sp³-hybridized carbons (Fsp3) is 0.200. The van der Waals surface area contributed by atoms with Gasteiger partial charge >= 0.3 is 11.8 Å². The van der Waals surface area contributed by atoms with Gasteiger partial charge in [0.1, 0.15) is 11.9 Å². The first-order valence-electron chi connectivity index (χ1n) is 9.87. The third kappa shape index (κ3) is 2.87. The predicted octanol–water partition coefficient (Wildman–Crippen LogP) is 1.77. The van der Waals surface area contributed by atoms with Crippen LogP contribution >= 0.6 is 0 Å². The van der Waals surface area contributed by atoms with Crippen molar-refractivity contribution in [2.24, 2.45) is 7.05 Å². The van der Waals surface area contributed by atoms with Crippen molar-refractivity contribution >= 4 is 11.4 Å². The summed E-state index contributed by atoms with van der Waals surface area (Å²) in [5.41, 5.74) is 3.48. The van der Waals surface area contributed by atoms with E-state index in [0.29, 0.717) is 35.4 Å². The monoisotopic (exact) mass is 433 g/mol. The van der Waals surface area contributed by atoms with Crippen molar-refractivity contribution in [2.75, 3.05) is 6.54 Å². The van der Waals surface area contributed by atoms with Gasteiger partial charge in [-0.25, -0.2) is 13.9 Å². The van der Waals surface area contributed by atoms with Crippen LogP contribution in [-0.4, -0.2) is 56.9 Å². The van der Waals surface area contributed by atoms with Crippen molar-refractivity contribution in [3.8, 4) is 11.5 Å². The van der Waals surface area contributed by atoms with E-state index in [0.717, 1.165) is 5.69 Å². The first-order valence-corrected chi connectivity index (χ1v) is 9.87. The van der Waals surface area contributed by atoms with Crippen LogP contribution in [-0.2, 0) is 13.5 Å². The molecule has 12 heteroatoms. The lowest BCUT2D eigenvalue weighted by atomic mass is 9.99. The highest BCUT2D eigenvalue weighted by atomic mass is 19.1. The number of pyridine rings is 1. The van der Waals surface area contributed by atoms with Crippen molar-refractivity contribution in [1.82, 2.24) is 44.5 Å². The molecule has 0 spiro atoms. The van der Waals surface area contributed by atoms with Crippen molar-refractivity contribution in [1.29, 1.82) is 0 Å². The fourth-order valence-corrected chi connectivity index (χ4v) is 3.99. The molecule has 1 N–H and O–H groups in total. The molecule has 0 saturated heterocycles. The second-order valence-corrected chi connectivity index (χ2v) is 7.52. The second-order valence-electron chi connectivity index (χ2n) is 7.52. The molecule has 0 radical (unpaired) electrons. The number of carbonyl (C=O) groups is 1. The van der Waals surface area contributed by atoms with Crippen LogP contribution in [0.15, 0.2) is 47.5 Å². The Labute approximate surface area is 179 Å². The number of nitrogens with zero attached hydrogens (tertiary/aromatic N) is 8. The third-order valence-electron chi connectivity index (χ3n) is 5.47. The summed E-state index contributed by atoms with van der Waals surface area (Å²) in [6.45, 7) is 0.394. The number of hydrogen-bond acceptors (Lipinski definition) is 7. The van der Waals surface area contributed by atoms with Gasteiger partial charge < -0.3 is 14.3 Å². The quantitative estimate of drug-likeness (QED) is 0.460. The van der Waals surface area contributed by atoms with Crippen molar-refractivity contribution in [3.05, 3.63) is 71.9 Å². The molecule has 1 atom stereocenters. The summed E-state index contributed by atoms with van der Waals surface area (Å²) in [6.07, 6.45) is 6.77. The smallest absolute Gasteiger partial charge is 0.312 e. The highest BCUT2D eigenvalue weighted by molar-refractivity contribution is 5.90. The molecule has 6 heterocycles. The number of fused-ring (bicyclic) bond motifs is 2. The molecule has 1 unspecified atom stereocenters. The Hall–Kier alpha value is -4.35. The van der Waals surface area contributed by atoms with Crippen LogP contribution in [0.3, 0.4) is 0 Å². The number of aromatic amines is 1. The SMILES string of the molecule is Cn1cc(-c2nnc(C(=O)N3CCc4[nH]cnc4C3c3cc4ccc(F)cn4n3)o2)cn1. The molecule has 1 amide bonds. The highest BCUT2D eigenvalue weighted by Crippen LogP contribution is 2.34. The van der Waals surface area contributed by atoms with Gasteiger partial charge in [0.2, 0.25) is 0 Å². The van der Waals surface area contributed by atoms with Crippen molar-refractivity contribution in [3.63, 3.8) is 0 Å². The molecule has 0 bridgehead atoms. The van der Waals surface area contributed by atoms with E-state index in [9.17, 15) is 9.18 Å². The maximum atomic E-state index is 13.7. The molecule has 32 heavy (non-hydrogen) atoms. The number of carbonyl (C=O) groups excluding carboxylic acids is 1. The summed E-state index contributed by atoms with van der Waals surface area (Å²) in [4.78, 5) is 22.6. The summed E-state index contributed by atoms with van der Waals surface area (Å²) in [5, 5.41) is 16.5. The van der Waals surface area contributed by atoms with Crippen molar-refractivity contribution < 1.29 is 13.6 Å². The largest absolute Gasteiger partial charge is 0.412 e. The zero-order chi connectivity index (χ0) is 21.8. The second kappa shape index (κ2) is 6.83. The highest BCUT2D eigenvalue weighted by Gasteiger charge is 2.38. The zero-order valence-electron chi connectivity index (χ0n) is 16.8. The first kappa shape index (κ1) is 18.4. The van der Waals surface area contributed by atoms with Gasteiger partial charge in [-0.2, -0.15) is 10.2 Å². The third-order valence-corrected chi connectivity index (χ3v) is 5.47. The molecule has 5 aromatic heterocycles. The van der Waals surface area contributed by atoms with Gasteiger partial charge in [-0.05, 0) is 18.2 Å². The van der Waals surface area contributed by atoms with Crippen molar-refractivity contribution in [2.45, 2.75) is 12.5 Å². The zero-order valence-corrected chi connectivity index (χ0v) is 16.8. The number of amides is 1. The Balaban J connectivity index is 1.40. The summed E-state index contributed by atoms with van der Waals surface area (Å²) in [5.74, 6) is -0.770. The first-order chi connectivity index (χ1) is 15.6. The van der Waals surface area contributed by atoms with Crippen LogP contribution in [0.2, 0.25) is 0 Å². The number of H-pyrrole nitrogens is 1. The van der Waals surface area contributed by atoms with Gasteiger partial charge in [0, 0.05) is 31.9 Å². The molecule has 5 aromatic rings. The van der Waals surface area contributed by atoms with E-state index in [4.69, 9.17) is 4.42 Å². The number of aryl methyl sites for hydroxylation is 1. The van der Waals surface area contributed by atoms with E-state index in [1.807, 2.05) is 6.07 Å². The van der Waals surface area contributed by atoms with E-state index >= 15 is 0 Å². The van der Waals surface area contributed by atoms with Gasteiger partial charge in [-0.15, -0.1) is 10.2 Å². The van der Waals surface area contributed by atoms with E-state index in [1.54, 1.807) is 41.4 Å². The lowest BCUT2D eigenvalue weighted by Crippen LogP contribution is -2.41. The normalized spacial score (nSPS) is 15.9. The minimum Gasteiger partial charge on any atom is -0.412 e. The van der Waals surface area contributed by atoms with Gasteiger partial charge in [0.15, 0.2) is 0 Å². The van der Waals surface area contributed by atoms with Gasteiger partial charge in [0.05, 0.1) is 41.2 Å². The van der Waals surface area contributed by atoms with Crippen LogP contribution in [0.4, 0.5) is 4.39 Å². The Morgan fingerprint density at radius 1 is 1.28 bits per heavy atom. The molecule has 0 aliphatic carbocycles. The van der Waals surface area contributed by atoms with Gasteiger partial charge in [0.25, 0.3) is 5.89 Å². The Morgan fingerprint density at radius 3 is 3.03 bits per heavy atom. The van der Waals surface area contributed by atoms with Crippen LogP contribution < -0.4 is 0 Å². The van der Waals surface area contributed by atoms with Crippen LogP contribution in [0.1, 0.15) is 33.8 Å². The minimum atomic E-state index is -0.589. The minimum absolute atomic E-state index is 0.136. The Kier molecular flexibility index (Phi) is 3.93. The predicted molar refractivity (Wildman–Crippen MR) is 107 cm³/mol. The van der Waals surface area contributed by atoms with Crippen LogP contribution in [0, 0.1) is 5.82 Å². The Morgan fingerprint density at radius 2 is 2.19 bits per heavy atom. The van der Waals surface area contributed by atoms with Gasteiger partial charge in [-0.1, -0.05) is 0 Å². The lowest BCUT2D eigenvalue weighted by molar-refractivity contribution is 0.0646. The topological polar surface area (TPSA) is 123 Å². The number of rotatable bonds is 3. The Bertz CT molecular complexity index is 1460. The number of halogens is 1. The van der Waals surface area contributed by atoms with E-state index in [1.165, 1.54) is 16.8 Å². The molecule has 160 valence electrons. The average molecular weight is 433 g/mol. The number of imidazole rings is 1. The molecule has 0 fully saturated rings. The summed E-state index contributed by atoms with van der Waals surface area (Å²) < 4.78 is 22.4. The molecule has 6 rings (SSSR count). The molecule has 1 aliphatic rings. The summed E-state index contributed by atoms with van der Waals surface area (Å²) >= 11 is 0. The molecule has 11 nitrogen and oxygen atoms in total. The van der Waals surface area contributed by atoms with Gasteiger partial charge in [-0.3, -0.25) is 9.48 Å². The van der Waals surface area contributed by atoms with E-state index < -0.39 is 17.8 Å². The summed E-state index contributed by atoms with van der Waals surface area (Å²) in [7, 11) is 1.77. The number of hydrogen-bond donors (Lipinski definition) is 1. The maximum absolute atomic E-state index is 13.7. The standard InChI is InChI=1S/C20H16FN9O2/c1-28-8-11(7-24-28)18-25-26-19(32-18)20(31)29-5-4-14-16(23-10-22-14)17(29)15-6-13-3-2-12(21)9-30(13)27-15/h2-3,6-10,17H,4-5H2,1H3,(H,22,23). The maximum Gasteiger partial charge on any atom is 0.312 e. The van der Waals surface area contributed by atoms with E-state index in [2.05, 4.69) is 30.4 Å². The molecular weight excluding hydrogens is 417 g/mol. The lowest BCUT2D eigenvalue weighted by Gasteiger charge is -2.32. The average Bonchev–Trinajstić information content (AvgIpc) is 3.57. The number of aromatic nitrogens is 8. The molecule has 0 saturated carbocycles. The van der Waals surface area contributed by atoms with Crippen LogP contribution in [0.5, 0.6) is 0 Å². The molecule has 0 aromatic carbocycles. The fourth-order valence-electron chi connectivity index (χ4n) is 3.99.